The van der Waals surface area contributed by atoms with Crippen LogP contribution in [0.25, 0.3) is 0 Å². The van der Waals surface area contributed by atoms with Crippen molar-refractivity contribution in [2.45, 2.75) is 24.4 Å². The van der Waals surface area contributed by atoms with Crippen molar-refractivity contribution >= 4 is 10.0 Å². The van der Waals surface area contributed by atoms with E-state index in [2.05, 4.69) is 35.4 Å². The lowest BCUT2D eigenvalue weighted by Crippen LogP contribution is -2.27. The summed E-state index contributed by atoms with van der Waals surface area (Å²) >= 11 is 0. The lowest BCUT2D eigenvalue weighted by atomic mass is 10.3. The monoisotopic (exact) mass is 299 g/mol. The highest BCUT2D eigenvalue weighted by Crippen LogP contribution is 2.11. The lowest BCUT2D eigenvalue weighted by Gasteiger charge is -2.06. The Kier molecular flexibility index (Phi) is 4.82. The van der Waals surface area contributed by atoms with Gasteiger partial charge >= 0.3 is 0 Å². The third-order valence-corrected chi connectivity index (χ3v) is 4.14. The smallest absolute Gasteiger partial charge is 0.257 e. The number of nitrogens with zero attached hydrogens (tertiary/aromatic N) is 3. The van der Waals surface area contributed by atoms with Crippen LogP contribution in [0.5, 0.6) is 0 Å². The molecule has 0 unspecified atom stereocenters. The largest absolute Gasteiger partial charge is 0.316 e. The van der Waals surface area contributed by atoms with Crippen LogP contribution in [0.1, 0.15) is 17.8 Å². The molecule has 0 fully saturated rings. The zero-order chi connectivity index (χ0) is 14.4. The van der Waals surface area contributed by atoms with Crippen molar-refractivity contribution in [2.24, 2.45) is 0 Å². The Morgan fingerprint density at radius 3 is 2.85 bits per heavy atom. The molecule has 0 bridgehead atoms. The summed E-state index contributed by atoms with van der Waals surface area (Å²) in [5.74, 6) is 0.738. The van der Waals surface area contributed by atoms with E-state index < -0.39 is 10.0 Å². The van der Waals surface area contributed by atoms with Gasteiger partial charge in [-0.15, -0.1) is 0 Å². The molecule has 0 aliphatic rings. The van der Waals surface area contributed by atoms with E-state index in [0.29, 0.717) is 31.5 Å². The van der Waals surface area contributed by atoms with Gasteiger partial charge in [-0.3, -0.25) is 10.2 Å². The van der Waals surface area contributed by atoms with Crippen molar-refractivity contribution in [1.29, 1.82) is 0 Å². The molecule has 0 spiro atoms. The molecule has 0 saturated heterocycles. The molecule has 10 heteroatoms. The molecule has 0 aromatic carbocycles. The molecule has 2 aromatic rings. The molecular formula is C10H17N7O2S. The van der Waals surface area contributed by atoms with Crippen LogP contribution in [0.2, 0.25) is 0 Å². The number of aromatic amines is 2. The Bertz CT molecular complexity index is 620. The topological polar surface area (TPSA) is 128 Å². The highest BCUT2D eigenvalue weighted by Gasteiger charge is 2.19. The summed E-state index contributed by atoms with van der Waals surface area (Å²) in [6.45, 7) is 0.756. The van der Waals surface area contributed by atoms with Crippen molar-refractivity contribution in [2.75, 3.05) is 13.6 Å². The Balaban J connectivity index is 1.88. The van der Waals surface area contributed by atoms with Crippen molar-refractivity contribution in [3.05, 3.63) is 23.9 Å². The third-order valence-electron chi connectivity index (χ3n) is 2.66. The van der Waals surface area contributed by atoms with Crippen molar-refractivity contribution < 1.29 is 8.42 Å². The van der Waals surface area contributed by atoms with Gasteiger partial charge in [-0.25, -0.2) is 18.1 Å². The predicted molar refractivity (Wildman–Crippen MR) is 71.2 cm³/mol. The SMILES string of the molecule is CNCc1cn[nH]c1S(=O)(=O)NCCCc1ncn[nH]1. The Labute approximate surface area is 116 Å². The van der Waals surface area contributed by atoms with Crippen LogP contribution in [-0.4, -0.2) is 47.4 Å². The molecule has 2 heterocycles. The Hall–Kier alpha value is -1.78. The number of sulfonamides is 1. The minimum atomic E-state index is -3.57. The standard InChI is InChI=1S/C10H17N7O2S/c1-11-5-8-6-13-17-10(8)20(18,19)15-4-2-3-9-12-7-14-16-9/h6-7,11,15H,2-5H2,1H3,(H,13,17)(H,12,14,16). The molecule has 20 heavy (non-hydrogen) atoms. The minimum absolute atomic E-state index is 0.103. The average Bonchev–Trinajstić information content (AvgIpc) is 3.06. The number of H-pyrrole nitrogens is 2. The van der Waals surface area contributed by atoms with Gasteiger partial charge in [0.05, 0.1) is 6.20 Å². The summed E-state index contributed by atoms with van der Waals surface area (Å²) in [6.07, 6.45) is 4.19. The average molecular weight is 299 g/mol. The van der Waals surface area contributed by atoms with Gasteiger partial charge in [0, 0.05) is 25.1 Å². The zero-order valence-electron chi connectivity index (χ0n) is 11.0. The third kappa shape index (κ3) is 3.62. The molecule has 0 aliphatic heterocycles. The van der Waals surface area contributed by atoms with E-state index in [9.17, 15) is 8.42 Å². The second-order valence-corrected chi connectivity index (χ2v) is 5.89. The van der Waals surface area contributed by atoms with Gasteiger partial charge < -0.3 is 5.32 Å². The fourth-order valence-corrected chi connectivity index (χ4v) is 2.93. The summed E-state index contributed by atoms with van der Waals surface area (Å²) in [7, 11) is -1.82. The molecule has 2 rings (SSSR count). The fraction of sp³-hybridized carbons (Fsp3) is 0.500. The highest BCUT2D eigenvalue weighted by atomic mass is 32.2. The number of hydrogen-bond donors (Lipinski definition) is 4. The number of aromatic nitrogens is 5. The van der Waals surface area contributed by atoms with E-state index in [-0.39, 0.29) is 5.03 Å². The quantitative estimate of drug-likeness (QED) is 0.470. The maximum atomic E-state index is 12.1. The van der Waals surface area contributed by atoms with E-state index in [1.54, 1.807) is 7.05 Å². The van der Waals surface area contributed by atoms with Crippen LogP contribution >= 0.6 is 0 Å². The van der Waals surface area contributed by atoms with Crippen LogP contribution in [0.4, 0.5) is 0 Å². The van der Waals surface area contributed by atoms with Crippen LogP contribution < -0.4 is 10.0 Å². The first-order valence-corrected chi connectivity index (χ1v) is 7.62. The number of rotatable bonds is 8. The Morgan fingerprint density at radius 2 is 2.15 bits per heavy atom. The first-order chi connectivity index (χ1) is 9.63. The summed E-state index contributed by atoms with van der Waals surface area (Å²) in [5, 5.41) is 15.7. The minimum Gasteiger partial charge on any atom is -0.316 e. The number of aryl methyl sites for hydroxylation is 1. The highest BCUT2D eigenvalue weighted by molar-refractivity contribution is 7.89. The molecule has 0 atom stereocenters. The van der Waals surface area contributed by atoms with Gasteiger partial charge in [0.1, 0.15) is 12.2 Å². The molecule has 4 N–H and O–H groups in total. The second kappa shape index (κ2) is 6.59. The summed E-state index contributed by atoms with van der Waals surface area (Å²) in [4.78, 5) is 3.97. The first kappa shape index (κ1) is 14.6. The molecule has 0 radical (unpaired) electrons. The molecular weight excluding hydrogens is 282 g/mol. The van der Waals surface area contributed by atoms with Gasteiger partial charge in [0.15, 0.2) is 5.03 Å². The molecule has 110 valence electrons. The zero-order valence-corrected chi connectivity index (χ0v) is 11.9. The molecule has 0 aliphatic carbocycles. The van der Waals surface area contributed by atoms with Gasteiger partial charge in [0.2, 0.25) is 0 Å². The molecule has 0 saturated carbocycles. The van der Waals surface area contributed by atoms with Crippen LogP contribution in [0.3, 0.4) is 0 Å². The summed E-state index contributed by atoms with van der Waals surface area (Å²) in [5.41, 5.74) is 0.607. The fourth-order valence-electron chi connectivity index (χ4n) is 1.73. The van der Waals surface area contributed by atoms with Crippen molar-refractivity contribution in [1.82, 2.24) is 35.4 Å². The maximum absolute atomic E-state index is 12.1. The molecule has 2 aromatic heterocycles. The van der Waals surface area contributed by atoms with Crippen molar-refractivity contribution in [3.63, 3.8) is 0 Å². The summed E-state index contributed by atoms with van der Waals surface area (Å²) in [6, 6.07) is 0. The van der Waals surface area contributed by atoms with E-state index in [0.717, 1.165) is 5.82 Å². The van der Waals surface area contributed by atoms with Crippen LogP contribution in [0, 0.1) is 0 Å². The first-order valence-electron chi connectivity index (χ1n) is 6.14. The lowest BCUT2D eigenvalue weighted by molar-refractivity contribution is 0.572. The number of nitrogens with one attached hydrogen (secondary N) is 4. The summed E-state index contributed by atoms with van der Waals surface area (Å²) < 4.78 is 26.7. The predicted octanol–water partition coefficient (Wildman–Crippen LogP) is -0.842. The second-order valence-electron chi connectivity index (χ2n) is 4.19. The normalized spacial score (nSPS) is 11.8. The number of hydrogen-bond acceptors (Lipinski definition) is 6. The van der Waals surface area contributed by atoms with Gasteiger partial charge in [-0.05, 0) is 13.5 Å². The van der Waals surface area contributed by atoms with E-state index in [1.807, 2.05) is 0 Å². The van der Waals surface area contributed by atoms with Gasteiger partial charge in [-0.1, -0.05) is 0 Å². The van der Waals surface area contributed by atoms with E-state index in [1.165, 1.54) is 12.5 Å². The maximum Gasteiger partial charge on any atom is 0.257 e. The van der Waals surface area contributed by atoms with Crippen LogP contribution in [-0.2, 0) is 23.0 Å². The van der Waals surface area contributed by atoms with Crippen LogP contribution in [0.15, 0.2) is 17.6 Å². The van der Waals surface area contributed by atoms with E-state index in [4.69, 9.17) is 0 Å². The van der Waals surface area contributed by atoms with Gasteiger partial charge in [0.25, 0.3) is 10.0 Å². The Morgan fingerprint density at radius 1 is 1.30 bits per heavy atom. The van der Waals surface area contributed by atoms with Gasteiger partial charge in [-0.2, -0.15) is 10.2 Å². The molecule has 9 nitrogen and oxygen atoms in total. The van der Waals surface area contributed by atoms with E-state index >= 15 is 0 Å². The van der Waals surface area contributed by atoms with Crippen molar-refractivity contribution in [3.8, 4) is 0 Å². The molecule has 0 amide bonds.